The summed E-state index contributed by atoms with van der Waals surface area (Å²) in [5.41, 5.74) is 3.34. The van der Waals surface area contributed by atoms with Gasteiger partial charge in [-0.05, 0) is 36.7 Å². The van der Waals surface area contributed by atoms with Crippen LogP contribution in [0.15, 0.2) is 42.5 Å². The zero-order valence-corrected chi connectivity index (χ0v) is 11.8. The van der Waals surface area contributed by atoms with Gasteiger partial charge >= 0.3 is 0 Å². The Hall–Kier alpha value is -1.38. The summed E-state index contributed by atoms with van der Waals surface area (Å²) in [6.45, 7) is 4.93. The van der Waals surface area contributed by atoms with Crippen LogP contribution in [0.25, 0.3) is 0 Å². The normalized spacial score (nSPS) is 12.4. The molecule has 0 saturated heterocycles. The lowest BCUT2D eigenvalue weighted by Crippen LogP contribution is -2.22. The summed E-state index contributed by atoms with van der Waals surface area (Å²) in [6.07, 6.45) is 0. The first-order chi connectivity index (χ1) is 9.11. The smallest absolute Gasteiger partial charge is 0.141 e. The second kappa shape index (κ2) is 6.18. The molecule has 100 valence electrons. The standard InChI is InChI=1S/C16H17ClFN/c1-3-19-16(12-6-4-11(2)5-7-12)13-8-9-15(18)14(17)10-13/h4-10,16,19H,3H2,1-2H3. The van der Waals surface area contributed by atoms with Gasteiger partial charge in [0.2, 0.25) is 0 Å². The van der Waals surface area contributed by atoms with Crippen molar-refractivity contribution in [2.45, 2.75) is 19.9 Å². The summed E-state index contributed by atoms with van der Waals surface area (Å²) in [4.78, 5) is 0. The topological polar surface area (TPSA) is 12.0 Å². The van der Waals surface area contributed by atoms with Gasteiger partial charge in [0.15, 0.2) is 0 Å². The summed E-state index contributed by atoms with van der Waals surface area (Å²) in [5, 5.41) is 3.56. The summed E-state index contributed by atoms with van der Waals surface area (Å²) in [7, 11) is 0. The molecule has 1 unspecified atom stereocenters. The average molecular weight is 278 g/mol. The highest BCUT2D eigenvalue weighted by Crippen LogP contribution is 2.26. The maximum Gasteiger partial charge on any atom is 0.141 e. The Morgan fingerprint density at radius 1 is 1.11 bits per heavy atom. The van der Waals surface area contributed by atoms with Gasteiger partial charge in [0, 0.05) is 0 Å². The van der Waals surface area contributed by atoms with Crippen LogP contribution in [0.5, 0.6) is 0 Å². The van der Waals surface area contributed by atoms with E-state index in [1.54, 1.807) is 12.1 Å². The van der Waals surface area contributed by atoms with E-state index >= 15 is 0 Å². The second-order valence-electron chi connectivity index (χ2n) is 4.57. The van der Waals surface area contributed by atoms with Crippen molar-refractivity contribution in [3.63, 3.8) is 0 Å². The third-order valence-corrected chi connectivity index (χ3v) is 3.39. The fraction of sp³-hybridized carbons (Fsp3) is 0.250. The zero-order chi connectivity index (χ0) is 13.8. The highest BCUT2D eigenvalue weighted by atomic mass is 35.5. The van der Waals surface area contributed by atoms with Gasteiger partial charge in [-0.2, -0.15) is 0 Å². The third kappa shape index (κ3) is 3.34. The summed E-state index contributed by atoms with van der Waals surface area (Å²) >= 11 is 5.87. The van der Waals surface area contributed by atoms with E-state index < -0.39 is 0 Å². The van der Waals surface area contributed by atoms with Crippen LogP contribution in [-0.4, -0.2) is 6.54 Å². The largest absolute Gasteiger partial charge is 0.307 e. The molecule has 19 heavy (non-hydrogen) atoms. The first-order valence-electron chi connectivity index (χ1n) is 6.36. The van der Waals surface area contributed by atoms with Crippen molar-refractivity contribution in [1.29, 1.82) is 0 Å². The van der Waals surface area contributed by atoms with Crippen LogP contribution in [0, 0.1) is 12.7 Å². The van der Waals surface area contributed by atoms with Crippen molar-refractivity contribution in [1.82, 2.24) is 5.32 Å². The molecule has 1 nitrogen and oxygen atoms in total. The van der Waals surface area contributed by atoms with Crippen LogP contribution in [0.1, 0.15) is 29.7 Å². The molecule has 0 aliphatic heterocycles. The average Bonchev–Trinajstić information content (AvgIpc) is 2.41. The number of nitrogens with one attached hydrogen (secondary N) is 1. The van der Waals surface area contributed by atoms with Crippen molar-refractivity contribution < 1.29 is 4.39 Å². The fourth-order valence-electron chi connectivity index (χ4n) is 2.08. The fourth-order valence-corrected chi connectivity index (χ4v) is 2.27. The van der Waals surface area contributed by atoms with Crippen LogP contribution in [-0.2, 0) is 0 Å². The molecule has 0 aliphatic carbocycles. The molecule has 0 fully saturated rings. The lowest BCUT2D eigenvalue weighted by atomic mass is 9.98. The van der Waals surface area contributed by atoms with Crippen LogP contribution >= 0.6 is 11.6 Å². The molecule has 0 spiro atoms. The Morgan fingerprint density at radius 2 is 1.74 bits per heavy atom. The molecule has 0 aliphatic rings. The van der Waals surface area contributed by atoms with Gasteiger partial charge in [-0.15, -0.1) is 0 Å². The van der Waals surface area contributed by atoms with Gasteiger partial charge in [-0.25, -0.2) is 4.39 Å². The predicted molar refractivity (Wildman–Crippen MR) is 78.1 cm³/mol. The van der Waals surface area contributed by atoms with Gasteiger partial charge in [-0.1, -0.05) is 54.4 Å². The summed E-state index contributed by atoms with van der Waals surface area (Å²) < 4.78 is 13.3. The van der Waals surface area contributed by atoms with Gasteiger partial charge in [0.25, 0.3) is 0 Å². The van der Waals surface area contributed by atoms with Crippen molar-refractivity contribution in [2.24, 2.45) is 0 Å². The summed E-state index contributed by atoms with van der Waals surface area (Å²) in [6, 6.07) is 13.2. The number of hydrogen-bond donors (Lipinski definition) is 1. The molecule has 0 saturated carbocycles. The molecule has 0 aromatic heterocycles. The van der Waals surface area contributed by atoms with E-state index in [1.807, 2.05) is 6.92 Å². The maximum atomic E-state index is 13.3. The van der Waals surface area contributed by atoms with E-state index in [9.17, 15) is 4.39 Å². The molecule has 2 rings (SSSR count). The number of aryl methyl sites for hydroxylation is 1. The van der Waals surface area contributed by atoms with Gasteiger partial charge in [0.1, 0.15) is 5.82 Å². The van der Waals surface area contributed by atoms with Crippen LogP contribution < -0.4 is 5.32 Å². The minimum Gasteiger partial charge on any atom is -0.307 e. The highest BCUT2D eigenvalue weighted by Gasteiger charge is 2.14. The van der Waals surface area contributed by atoms with Crippen LogP contribution in [0.4, 0.5) is 4.39 Å². The van der Waals surface area contributed by atoms with E-state index in [0.29, 0.717) is 0 Å². The van der Waals surface area contributed by atoms with Crippen molar-refractivity contribution in [2.75, 3.05) is 6.54 Å². The van der Waals surface area contributed by atoms with Crippen molar-refractivity contribution >= 4 is 11.6 Å². The molecule has 3 heteroatoms. The van der Waals surface area contributed by atoms with Crippen molar-refractivity contribution in [3.05, 3.63) is 70.0 Å². The Kier molecular flexibility index (Phi) is 4.56. The van der Waals surface area contributed by atoms with Gasteiger partial charge < -0.3 is 5.32 Å². The molecular weight excluding hydrogens is 261 g/mol. The van der Waals surface area contributed by atoms with Crippen LogP contribution in [0.3, 0.4) is 0 Å². The molecule has 0 bridgehead atoms. The van der Waals surface area contributed by atoms with Gasteiger partial charge in [0.05, 0.1) is 11.1 Å². The quantitative estimate of drug-likeness (QED) is 0.868. The predicted octanol–water partition coefficient (Wildman–Crippen LogP) is 4.49. The summed E-state index contributed by atoms with van der Waals surface area (Å²) in [5.74, 6) is -0.385. The molecule has 1 N–H and O–H groups in total. The molecule has 2 aromatic rings. The Morgan fingerprint density at radius 3 is 2.32 bits per heavy atom. The monoisotopic (exact) mass is 277 g/mol. The molecule has 1 atom stereocenters. The minimum atomic E-state index is -0.385. The minimum absolute atomic E-state index is 0.0312. The van der Waals surface area contributed by atoms with Crippen LogP contribution in [0.2, 0.25) is 5.02 Å². The molecule has 0 radical (unpaired) electrons. The molecule has 2 aromatic carbocycles. The van der Waals surface area contributed by atoms with Gasteiger partial charge in [-0.3, -0.25) is 0 Å². The van der Waals surface area contributed by atoms with Crippen molar-refractivity contribution in [3.8, 4) is 0 Å². The SMILES string of the molecule is CCNC(c1ccc(C)cc1)c1ccc(F)c(Cl)c1. The van der Waals surface area contributed by atoms with E-state index in [0.717, 1.165) is 17.7 Å². The Labute approximate surface area is 118 Å². The Bertz CT molecular complexity index is 551. The first-order valence-corrected chi connectivity index (χ1v) is 6.74. The maximum absolute atomic E-state index is 13.3. The number of hydrogen-bond acceptors (Lipinski definition) is 1. The van der Waals surface area contributed by atoms with E-state index in [-0.39, 0.29) is 16.9 Å². The number of rotatable bonds is 4. The first kappa shape index (κ1) is 14.0. The third-order valence-electron chi connectivity index (χ3n) is 3.10. The number of benzene rings is 2. The number of halogens is 2. The lowest BCUT2D eigenvalue weighted by Gasteiger charge is -2.19. The molecule has 0 heterocycles. The molecular formula is C16H17ClFN. The Balaban J connectivity index is 2.38. The highest BCUT2D eigenvalue weighted by molar-refractivity contribution is 6.30. The second-order valence-corrected chi connectivity index (χ2v) is 4.98. The zero-order valence-electron chi connectivity index (χ0n) is 11.1. The van der Waals surface area contributed by atoms with E-state index in [1.165, 1.54) is 11.6 Å². The van der Waals surface area contributed by atoms with E-state index in [4.69, 9.17) is 11.6 Å². The molecule has 0 amide bonds. The van der Waals surface area contributed by atoms with E-state index in [2.05, 4.69) is 36.5 Å². The lowest BCUT2D eigenvalue weighted by molar-refractivity contribution is 0.614.